The first-order valence-corrected chi connectivity index (χ1v) is 9.37. The number of amides is 1. The summed E-state index contributed by atoms with van der Waals surface area (Å²) in [5, 5.41) is 0.105. The summed E-state index contributed by atoms with van der Waals surface area (Å²) in [6, 6.07) is 8.43. The molecule has 2 heterocycles. The van der Waals surface area contributed by atoms with Gasteiger partial charge in [-0.15, -0.1) is 0 Å². The van der Waals surface area contributed by atoms with Crippen LogP contribution in [0.2, 0.25) is 5.15 Å². The summed E-state index contributed by atoms with van der Waals surface area (Å²) in [7, 11) is -3.93. The molecule has 3 rings (SSSR count). The van der Waals surface area contributed by atoms with E-state index < -0.39 is 15.8 Å². The largest absolute Gasteiger partial charge is 0.336 e. The fourth-order valence-corrected chi connectivity index (χ4v) is 4.33. The molecule has 9 heteroatoms. The lowest BCUT2D eigenvalue weighted by atomic mass is 10.2. The lowest BCUT2D eigenvalue weighted by molar-refractivity contribution is 0.0697. The van der Waals surface area contributed by atoms with Gasteiger partial charge < -0.3 is 4.90 Å². The highest BCUT2D eigenvalue weighted by Gasteiger charge is 2.32. The minimum atomic E-state index is -3.93. The van der Waals surface area contributed by atoms with E-state index in [0.717, 1.165) is 6.07 Å². The number of rotatable bonds is 3. The second kappa shape index (κ2) is 7.07. The van der Waals surface area contributed by atoms with Crippen molar-refractivity contribution in [2.45, 2.75) is 4.90 Å². The molecular weight excluding hydrogens is 369 g/mol. The molecule has 0 bridgehead atoms. The monoisotopic (exact) mass is 383 g/mol. The third-order valence-corrected chi connectivity index (χ3v) is 6.20. The zero-order valence-corrected chi connectivity index (χ0v) is 14.7. The molecular formula is C16H15ClFN3O3S. The number of hydrogen-bond acceptors (Lipinski definition) is 4. The van der Waals surface area contributed by atoms with E-state index in [1.807, 2.05) is 0 Å². The molecule has 132 valence electrons. The number of piperazine rings is 1. The highest BCUT2D eigenvalue weighted by molar-refractivity contribution is 7.89. The van der Waals surface area contributed by atoms with Crippen molar-refractivity contribution in [1.29, 1.82) is 0 Å². The molecule has 0 aliphatic carbocycles. The van der Waals surface area contributed by atoms with Crippen molar-refractivity contribution in [3.8, 4) is 0 Å². The van der Waals surface area contributed by atoms with E-state index in [-0.39, 0.29) is 47.7 Å². The summed E-state index contributed by atoms with van der Waals surface area (Å²) >= 11 is 5.93. The van der Waals surface area contributed by atoms with Crippen molar-refractivity contribution in [1.82, 2.24) is 14.2 Å². The van der Waals surface area contributed by atoms with E-state index in [1.165, 1.54) is 33.6 Å². The molecule has 1 aliphatic heterocycles. The normalized spacial score (nSPS) is 16.0. The number of carbonyl (C=O) groups is 1. The molecule has 6 nitrogen and oxygen atoms in total. The minimum Gasteiger partial charge on any atom is -0.336 e. The standard InChI is InChI=1S/C16H15ClFN3O3S/c17-15-12(4-3-7-19-15)16(22)20-8-10-21(11-9-20)25(23,24)14-6-2-1-5-13(14)18/h1-7H,8-11H2. The average molecular weight is 384 g/mol. The topological polar surface area (TPSA) is 70.6 Å². The first kappa shape index (κ1) is 17.8. The van der Waals surface area contributed by atoms with Crippen LogP contribution >= 0.6 is 11.6 Å². The molecule has 0 saturated carbocycles. The smallest absolute Gasteiger partial charge is 0.257 e. The van der Waals surface area contributed by atoms with Crippen LogP contribution in [0, 0.1) is 5.82 Å². The lowest BCUT2D eigenvalue weighted by Gasteiger charge is -2.34. The van der Waals surface area contributed by atoms with Gasteiger partial charge in [-0.25, -0.2) is 17.8 Å². The fraction of sp³-hybridized carbons (Fsp3) is 0.250. The number of sulfonamides is 1. The molecule has 0 radical (unpaired) electrons. The zero-order chi connectivity index (χ0) is 18.0. The van der Waals surface area contributed by atoms with E-state index in [2.05, 4.69) is 4.98 Å². The molecule has 2 aromatic rings. The van der Waals surface area contributed by atoms with Crippen LogP contribution < -0.4 is 0 Å². The number of aromatic nitrogens is 1. The highest BCUT2D eigenvalue weighted by atomic mass is 35.5. The minimum absolute atomic E-state index is 0.0836. The Bertz CT molecular complexity index is 899. The van der Waals surface area contributed by atoms with Crippen LogP contribution in [0.5, 0.6) is 0 Å². The third-order valence-electron chi connectivity index (χ3n) is 3.97. The van der Waals surface area contributed by atoms with Crippen LogP contribution in [0.4, 0.5) is 4.39 Å². The lowest BCUT2D eigenvalue weighted by Crippen LogP contribution is -2.50. The zero-order valence-electron chi connectivity index (χ0n) is 13.1. The average Bonchev–Trinajstić information content (AvgIpc) is 2.62. The van der Waals surface area contributed by atoms with Crippen LogP contribution in [-0.2, 0) is 10.0 Å². The first-order chi connectivity index (χ1) is 11.9. The number of pyridine rings is 1. The summed E-state index contributed by atoms with van der Waals surface area (Å²) in [4.78, 5) is 17.5. The predicted octanol–water partition coefficient (Wildman–Crippen LogP) is 2.02. The van der Waals surface area contributed by atoms with Gasteiger partial charge in [-0.1, -0.05) is 23.7 Å². The Balaban J connectivity index is 1.73. The molecule has 1 aromatic heterocycles. The molecule has 0 atom stereocenters. The second-order valence-corrected chi connectivity index (χ2v) is 7.73. The van der Waals surface area contributed by atoms with Gasteiger partial charge in [-0.3, -0.25) is 4.79 Å². The molecule has 1 saturated heterocycles. The molecule has 1 aromatic carbocycles. The molecule has 1 aliphatic rings. The van der Waals surface area contributed by atoms with Gasteiger partial charge in [0.15, 0.2) is 0 Å². The van der Waals surface area contributed by atoms with E-state index in [4.69, 9.17) is 11.6 Å². The Morgan fingerprint density at radius 1 is 1.08 bits per heavy atom. The van der Waals surface area contributed by atoms with Crippen molar-refractivity contribution in [3.63, 3.8) is 0 Å². The summed E-state index contributed by atoms with van der Waals surface area (Å²) in [6.45, 7) is 0.552. The van der Waals surface area contributed by atoms with Gasteiger partial charge in [0.05, 0.1) is 5.56 Å². The number of halogens is 2. The fourth-order valence-electron chi connectivity index (χ4n) is 2.64. The van der Waals surface area contributed by atoms with Crippen LogP contribution in [0.15, 0.2) is 47.5 Å². The highest BCUT2D eigenvalue weighted by Crippen LogP contribution is 2.21. The van der Waals surface area contributed by atoms with Gasteiger partial charge >= 0.3 is 0 Å². The maximum Gasteiger partial charge on any atom is 0.257 e. The maximum absolute atomic E-state index is 13.8. The molecule has 1 amide bonds. The van der Waals surface area contributed by atoms with Gasteiger partial charge in [-0.05, 0) is 24.3 Å². The van der Waals surface area contributed by atoms with E-state index in [0.29, 0.717) is 0 Å². The van der Waals surface area contributed by atoms with Crippen LogP contribution in [-0.4, -0.2) is 54.7 Å². The second-order valence-electron chi connectivity index (χ2n) is 5.47. The summed E-state index contributed by atoms with van der Waals surface area (Å²) in [5.74, 6) is -1.09. The Labute approximate surface area is 149 Å². The maximum atomic E-state index is 13.8. The molecule has 1 fully saturated rings. The molecule has 0 unspecified atom stereocenters. The van der Waals surface area contributed by atoms with E-state index >= 15 is 0 Å². The first-order valence-electron chi connectivity index (χ1n) is 7.56. The van der Waals surface area contributed by atoms with Crippen molar-refractivity contribution < 1.29 is 17.6 Å². The van der Waals surface area contributed by atoms with E-state index in [1.54, 1.807) is 12.1 Å². The van der Waals surface area contributed by atoms with Crippen molar-refractivity contribution >= 4 is 27.5 Å². The number of benzene rings is 1. The third kappa shape index (κ3) is 3.51. The number of carbonyl (C=O) groups excluding carboxylic acids is 1. The van der Waals surface area contributed by atoms with Gasteiger partial charge in [0.1, 0.15) is 15.9 Å². The van der Waals surface area contributed by atoms with Gasteiger partial charge in [-0.2, -0.15) is 4.31 Å². The van der Waals surface area contributed by atoms with Crippen molar-refractivity contribution in [2.75, 3.05) is 26.2 Å². The SMILES string of the molecule is O=C(c1cccnc1Cl)N1CCN(S(=O)(=O)c2ccccc2F)CC1. The Hall–Kier alpha value is -2.03. The predicted molar refractivity (Wildman–Crippen MR) is 90.3 cm³/mol. The summed E-state index contributed by atoms with van der Waals surface area (Å²) < 4.78 is 40.1. The Morgan fingerprint density at radius 3 is 2.40 bits per heavy atom. The van der Waals surface area contributed by atoms with Gasteiger partial charge in [0.25, 0.3) is 5.91 Å². The van der Waals surface area contributed by atoms with Gasteiger partial charge in [0, 0.05) is 32.4 Å². The molecule has 0 spiro atoms. The van der Waals surface area contributed by atoms with Crippen molar-refractivity contribution in [2.24, 2.45) is 0 Å². The summed E-state index contributed by atoms with van der Waals surface area (Å²) in [6.07, 6.45) is 1.48. The van der Waals surface area contributed by atoms with E-state index in [9.17, 15) is 17.6 Å². The number of nitrogens with zero attached hydrogens (tertiary/aromatic N) is 3. The Kier molecular flexibility index (Phi) is 5.03. The van der Waals surface area contributed by atoms with Gasteiger partial charge in [0.2, 0.25) is 10.0 Å². The quantitative estimate of drug-likeness (QED) is 0.760. The van der Waals surface area contributed by atoms with Crippen molar-refractivity contribution in [3.05, 3.63) is 59.1 Å². The number of hydrogen-bond donors (Lipinski definition) is 0. The van der Waals surface area contributed by atoms with Crippen LogP contribution in [0.25, 0.3) is 0 Å². The van der Waals surface area contributed by atoms with Crippen LogP contribution in [0.1, 0.15) is 10.4 Å². The molecule has 0 N–H and O–H groups in total. The molecule has 25 heavy (non-hydrogen) atoms. The summed E-state index contributed by atoms with van der Waals surface area (Å²) in [5.41, 5.74) is 0.273. The van der Waals surface area contributed by atoms with Crippen LogP contribution in [0.3, 0.4) is 0 Å². The Morgan fingerprint density at radius 2 is 1.76 bits per heavy atom.